The summed E-state index contributed by atoms with van der Waals surface area (Å²) >= 11 is 4.86. The Morgan fingerprint density at radius 1 is 1.42 bits per heavy atom. The van der Waals surface area contributed by atoms with Crippen molar-refractivity contribution in [3.63, 3.8) is 0 Å². The van der Waals surface area contributed by atoms with E-state index >= 15 is 0 Å². The molecule has 0 aliphatic carbocycles. The summed E-state index contributed by atoms with van der Waals surface area (Å²) < 4.78 is 29.9. The zero-order valence-electron chi connectivity index (χ0n) is 6.31. The van der Waals surface area contributed by atoms with Crippen molar-refractivity contribution in [3.8, 4) is 0 Å². The summed E-state index contributed by atoms with van der Waals surface area (Å²) in [5.74, 6) is 0. The second-order valence-electron chi connectivity index (χ2n) is 2.40. The van der Waals surface area contributed by atoms with Crippen LogP contribution in [0, 0.1) is 6.92 Å². The molecule has 3 nitrogen and oxygen atoms in total. The zero-order chi connectivity index (χ0) is 9.35. The van der Waals surface area contributed by atoms with Crippen LogP contribution < -0.4 is 0 Å². The molecule has 65 valence electrons. The van der Waals surface area contributed by atoms with Crippen LogP contribution >= 0.6 is 12.6 Å². The van der Waals surface area contributed by atoms with Crippen LogP contribution in [-0.4, -0.2) is 13.0 Å². The van der Waals surface area contributed by atoms with Crippen molar-refractivity contribution in [1.29, 1.82) is 0 Å². The maximum Gasteiger partial charge on any atom is 0.294 e. The fourth-order valence-corrected chi connectivity index (χ4v) is 1.48. The minimum atomic E-state index is -4.09. The highest BCUT2D eigenvalue weighted by Gasteiger charge is 2.09. The number of benzene rings is 1. The van der Waals surface area contributed by atoms with Crippen molar-refractivity contribution in [2.75, 3.05) is 0 Å². The second kappa shape index (κ2) is 3.01. The Kier molecular flexibility index (Phi) is 2.36. The molecule has 1 radical (unpaired) electrons. The quantitative estimate of drug-likeness (QED) is 0.708. The summed E-state index contributed by atoms with van der Waals surface area (Å²) in [6, 6.07) is 4.11. The largest absolute Gasteiger partial charge is 0.294 e. The summed E-state index contributed by atoms with van der Waals surface area (Å²) in [7, 11) is -4.09. The summed E-state index contributed by atoms with van der Waals surface area (Å²) in [5, 5.41) is 0. The summed E-state index contributed by atoms with van der Waals surface area (Å²) in [6.07, 6.45) is 0. The van der Waals surface area contributed by atoms with E-state index in [0.29, 0.717) is 10.5 Å². The van der Waals surface area contributed by atoms with Gasteiger partial charge >= 0.3 is 0 Å². The molecule has 0 aromatic heterocycles. The number of hydrogen-bond donors (Lipinski definition) is 1. The van der Waals surface area contributed by atoms with Crippen molar-refractivity contribution in [2.45, 2.75) is 16.7 Å². The van der Waals surface area contributed by atoms with Gasteiger partial charge in [-0.25, -0.2) is 0 Å². The molecule has 1 aromatic carbocycles. The average molecular weight is 203 g/mol. The van der Waals surface area contributed by atoms with Gasteiger partial charge < -0.3 is 0 Å². The summed E-state index contributed by atoms with van der Waals surface area (Å²) in [6.45, 7) is 1.69. The van der Waals surface area contributed by atoms with Crippen LogP contribution in [0.3, 0.4) is 0 Å². The SMILES string of the molecule is Cc1cc(S(=O)(=O)O)ccc1[S]. The van der Waals surface area contributed by atoms with Crippen LogP contribution in [-0.2, 0) is 10.1 Å². The molecule has 0 aliphatic heterocycles. The predicted molar refractivity (Wildman–Crippen MR) is 46.9 cm³/mol. The molecular weight excluding hydrogens is 196 g/mol. The number of rotatable bonds is 1. The highest BCUT2D eigenvalue weighted by Crippen LogP contribution is 2.17. The van der Waals surface area contributed by atoms with Gasteiger partial charge in [0, 0.05) is 4.90 Å². The lowest BCUT2D eigenvalue weighted by Crippen LogP contribution is -1.98. The molecule has 1 aromatic rings. The molecule has 0 unspecified atom stereocenters. The van der Waals surface area contributed by atoms with Crippen LogP contribution in [0.15, 0.2) is 28.0 Å². The lowest BCUT2D eigenvalue weighted by molar-refractivity contribution is 0.483. The molecule has 0 saturated carbocycles. The van der Waals surface area contributed by atoms with E-state index in [1.807, 2.05) is 0 Å². The third kappa shape index (κ3) is 1.94. The Labute approximate surface area is 76.6 Å². The minimum absolute atomic E-state index is 0.117. The van der Waals surface area contributed by atoms with E-state index in [-0.39, 0.29) is 4.90 Å². The van der Waals surface area contributed by atoms with E-state index in [2.05, 4.69) is 0 Å². The highest BCUT2D eigenvalue weighted by molar-refractivity contribution is 7.85. The van der Waals surface area contributed by atoms with E-state index in [4.69, 9.17) is 17.2 Å². The van der Waals surface area contributed by atoms with Gasteiger partial charge in [0.05, 0.1) is 4.90 Å². The molecule has 0 saturated heterocycles. The Hall–Kier alpha value is -0.650. The maximum absolute atomic E-state index is 10.6. The molecule has 0 aliphatic rings. The molecule has 0 bridgehead atoms. The number of hydrogen-bond acceptors (Lipinski definition) is 2. The smallest absolute Gasteiger partial charge is 0.282 e. The van der Waals surface area contributed by atoms with Crippen LogP contribution in [0.5, 0.6) is 0 Å². The van der Waals surface area contributed by atoms with Crippen LogP contribution in [0.2, 0.25) is 0 Å². The second-order valence-corrected chi connectivity index (χ2v) is 4.26. The Bertz CT molecular complexity index is 395. The molecule has 1 rings (SSSR count). The highest BCUT2D eigenvalue weighted by atomic mass is 32.2. The van der Waals surface area contributed by atoms with E-state index in [9.17, 15) is 8.42 Å². The molecule has 0 spiro atoms. The Morgan fingerprint density at radius 2 is 2.00 bits per heavy atom. The van der Waals surface area contributed by atoms with Gasteiger partial charge in [-0.05, 0) is 30.7 Å². The van der Waals surface area contributed by atoms with Gasteiger partial charge in [0.25, 0.3) is 10.1 Å². The standard InChI is InChI=1S/C7H7O3S2/c1-5-4-6(12(8,9)10)2-3-7(5)11/h2-4H,1H3,(H,8,9,10). The van der Waals surface area contributed by atoms with Gasteiger partial charge in [-0.1, -0.05) is 12.6 Å². The first-order chi connectivity index (χ1) is 5.41. The van der Waals surface area contributed by atoms with E-state index in [0.717, 1.165) is 0 Å². The predicted octanol–water partition coefficient (Wildman–Crippen LogP) is 1.80. The Balaban J connectivity index is 3.33. The van der Waals surface area contributed by atoms with Crippen LogP contribution in [0.4, 0.5) is 0 Å². The van der Waals surface area contributed by atoms with E-state index in [1.54, 1.807) is 6.92 Å². The van der Waals surface area contributed by atoms with Gasteiger partial charge in [-0.3, -0.25) is 4.55 Å². The molecule has 0 fully saturated rings. The van der Waals surface area contributed by atoms with Gasteiger partial charge in [0.1, 0.15) is 0 Å². The number of aryl methyl sites for hydroxylation is 1. The van der Waals surface area contributed by atoms with Crippen LogP contribution in [0.25, 0.3) is 0 Å². The third-order valence-corrected chi connectivity index (χ3v) is 2.75. The molecular formula is C7H7O3S2. The van der Waals surface area contributed by atoms with Crippen molar-refractivity contribution >= 4 is 22.7 Å². The molecule has 1 N–H and O–H groups in total. The molecule has 12 heavy (non-hydrogen) atoms. The first kappa shape index (κ1) is 9.44. The van der Waals surface area contributed by atoms with Crippen LogP contribution in [0.1, 0.15) is 5.56 Å². The summed E-state index contributed by atoms with van der Waals surface area (Å²) in [5.41, 5.74) is 0.667. The molecule has 0 atom stereocenters. The van der Waals surface area contributed by atoms with Gasteiger partial charge in [-0.15, -0.1) is 0 Å². The third-order valence-electron chi connectivity index (χ3n) is 1.44. The van der Waals surface area contributed by atoms with Gasteiger partial charge in [-0.2, -0.15) is 8.42 Å². The lowest BCUT2D eigenvalue weighted by atomic mass is 10.2. The van der Waals surface area contributed by atoms with E-state index in [1.165, 1.54) is 18.2 Å². The average Bonchev–Trinajstić information content (AvgIpc) is 1.92. The first-order valence-corrected chi connectivity index (χ1v) is 5.01. The maximum atomic E-state index is 10.6. The van der Waals surface area contributed by atoms with Crippen molar-refractivity contribution in [1.82, 2.24) is 0 Å². The summed E-state index contributed by atoms with van der Waals surface area (Å²) in [4.78, 5) is 0.469. The minimum Gasteiger partial charge on any atom is -0.282 e. The van der Waals surface area contributed by atoms with E-state index < -0.39 is 10.1 Å². The monoisotopic (exact) mass is 203 g/mol. The topological polar surface area (TPSA) is 54.4 Å². The first-order valence-electron chi connectivity index (χ1n) is 3.16. The normalized spacial score (nSPS) is 11.5. The van der Waals surface area contributed by atoms with Crippen molar-refractivity contribution in [2.24, 2.45) is 0 Å². The van der Waals surface area contributed by atoms with Crippen molar-refractivity contribution in [3.05, 3.63) is 23.8 Å². The molecule has 5 heteroatoms. The van der Waals surface area contributed by atoms with Gasteiger partial charge in [0.2, 0.25) is 0 Å². The lowest BCUT2D eigenvalue weighted by Gasteiger charge is -1.99. The van der Waals surface area contributed by atoms with Crippen molar-refractivity contribution < 1.29 is 13.0 Å². The Morgan fingerprint density at radius 3 is 2.42 bits per heavy atom. The van der Waals surface area contributed by atoms with Gasteiger partial charge in [0.15, 0.2) is 0 Å². The molecule has 0 heterocycles. The fourth-order valence-electron chi connectivity index (χ4n) is 0.782. The molecule has 0 amide bonds. The fraction of sp³-hybridized carbons (Fsp3) is 0.143. The zero-order valence-corrected chi connectivity index (χ0v) is 7.95.